The van der Waals surface area contributed by atoms with Crippen molar-refractivity contribution in [1.29, 1.82) is 0 Å². The molecule has 0 radical (unpaired) electrons. The maximum atomic E-state index is 14.1. The van der Waals surface area contributed by atoms with E-state index in [1.165, 1.54) is 17.0 Å². The highest BCUT2D eigenvalue weighted by Gasteiger charge is 2.34. The Balaban J connectivity index is 2.10. The van der Waals surface area contributed by atoms with E-state index in [1.54, 1.807) is 49.4 Å². The Morgan fingerprint density at radius 2 is 1.59 bits per heavy atom. The topological polar surface area (TPSA) is 86.8 Å². The summed E-state index contributed by atoms with van der Waals surface area (Å²) in [4.78, 5) is 28.8. The summed E-state index contributed by atoms with van der Waals surface area (Å²) in [7, 11) is -4.15. The minimum atomic E-state index is -4.15. The van der Waals surface area contributed by atoms with Crippen molar-refractivity contribution in [3.05, 3.63) is 93.5 Å². The monoisotopic (exact) mass is 617 g/mol. The number of hydrogen-bond acceptors (Lipinski definition) is 4. The van der Waals surface area contributed by atoms with Crippen LogP contribution in [0.1, 0.15) is 51.3 Å². The molecule has 3 aromatic rings. The van der Waals surface area contributed by atoms with Crippen molar-refractivity contribution in [3.8, 4) is 0 Å². The molecule has 0 aliphatic rings. The molecule has 7 nitrogen and oxygen atoms in total. The van der Waals surface area contributed by atoms with Crippen LogP contribution in [-0.2, 0) is 32.6 Å². The van der Waals surface area contributed by atoms with Gasteiger partial charge in [0.25, 0.3) is 10.0 Å². The highest BCUT2D eigenvalue weighted by molar-refractivity contribution is 7.92. The largest absolute Gasteiger partial charge is 0.350 e. The Bertz CT molecular complexity index is 1500. The quantitative estimate of drug-likeness (QED) is 0.285. The van der Waals surface area contributed by atoms with Crippen molar-refractivity contribution in [2.24, 2.45) is 0 Å². The number of nitrogens with zero attached hydrogens (tertiary/aromatic N) is 2. The number of rotatable bonds is 10. The van der Waals surface area contributed by atoms with Gasteiger partial charge in [-0.3, -0.25) is 13.9 Å². The van der Waals surface area contributed by atoms with Gasteiger partial charge in [-0.15, -0.1) is 0 Å². The summed E-state index contributed by atoms with van der Waals surface area (Å²) in [5.41, 5.74) is 2.10. The summed E-state index contributed by atoms with van der Waals surface area (Å²) in [6, 6.07) is 17.5. The van der Waals surface area contributed by atoms with Gasteiger partial charge in [-0.05, 0) is 82.5 Å². The maximum Gasteiger partial charge on any atom is 0.264 e. The second-order valence-electron chi connectivity index (χ2n) is 11.0. The van der Waals surface area contributed by atoms with Gasteiger partial charge in [0, 0.05) is 22.1 Å². The second-order valence-corrected chi connectivity index (χ2v) is 13.7. The van der Waals surface area contributed by atoms with Gasteiger partial charge < -0.3 is 10.2 Å². The predicted molar refractivity (Wildman–Crippen MR) is 166 cm³/mol. The van der Waals surface area contributed by atoms with Gasteiger partial charge in [0.15, 0.2) is 0 Å². The number of carbonyl (C=O) groups excluding carboxylic acids is 2. The molecule has 0 aliphatic carbocycles. The van der Waals surface area contributed by atoms with Crippen molar-refractivity contribution < 1.29 is 18.0 Å². The van der Waals surface area contributed by atoms with Crippen LogP contribution in [0.2, 0.25) is 10.0 Å². The van der Waals surface area contributed by atoms with Gasteiger partial charge in [0.2, 0.25) is 11.8 Å². The molecule has 220 valence electrons. The first-order valence-electron chi connectivity index (χ1n) is 13.4. The van der Waals surface area contributed by atoms with Crippen molar-refractivity contribution in [2.75, 3.05) is 10.8 Å². The molecule has 0 saturated carbocycles. The number of nitrogens with one attached hydrogen (secondary N) is 1. The average Bonchev–Trinajstić information content (AvgIpc) is 2.90. The number of para-hydroxylation sites is 1. The number of sulfonamides is 1. The van der Waals surface area contributed by atoms with Crippen LogP contribution in [0.15, 0.2) is 71.6 Å². The molecule has 1 atom stereocenters. The normalized spacial score (nSPS) is 12.5. The van der Waals surface area contributed by atoms with Gasteiger partial charge in [-0.2, -0.15) is 0 Å². The Kier molecular flexibility index (Phi) is 10.5. The number of anilines is 1. The van der Waals surface area contributed by atoms with Gasteiger partial charge in [-0.25, -0.2) is 8.42 Å². The van der Waals surface area contributed by atoms with E-state index in [-0.39, 0.29) is 17.3 Å². The van der Waals surface area contributed by atoms with Crippen LogP contribution in [0.3, 0.4) is 0 Å². The van der Waals surface area contributed by atoms with Crippen molar-refractivity contribution in [2.45, 2.75) is 71.0 Å². The fourth-order valence-electron chi connectivity index (χ4n) is 4.29. The molecule has 0 saturated heterocycles. The minimum absolute atomic E-state index is 0.0264. The average molecular weight is 619 g/mol. The summed E-state index contributed by atoms with van der Waals surface area (Å²) in [5, 5.41) is 3.67. The van der Waals surface area contributed by atoms with E-state index in [0.29, 0.717) is 27.7 Å². The molecule has 0 aliphatic heterocycles. The zero-order valence-electron chi connectivity index (χ0n) is 24.2. The lowest BCUT2D eigenvalue weighted by Gasteiger charge is -2.34. The Morgan fingerprint density at radius 1 is 0.951 bits per heavy atom. The molecule has 0 bridgehead atoms. The van der Waals surface area contributed by atoms with E-state index >= 15 is 0 Å². The highest BCUT2D eigenvalue weighted by atomic mass is 35.5. The van der Waals surface area contributed by atoms with E-state index in [4.69, 9.17) is 23.2 Å². The minimum Gasteiger partial charge on any atom is -0.350 e. The van der Waals surface area contributed by atoms with Crippen LogP contribution < -0.4 is 9.62 Å². The van der Waals surface area contributed by atoms with Crippen molar-refractivity contribution >= 4 is 50.7 Å². The van der Waals surface area contributed by atoms with Crippen LogP contribution in [0, 0.1) is 6.92 Å². The Morgan fingerprint density at radius 3 is 2.17 bits per heavy atom. The number of hydrogen-bond donors (Lipinski definition) is 1. The van der Waals surface area contributed by atoms with E-state index < -0.39 is 34.1 Å². The molecule has 41 heavy (non-hydrogen) atoms. The molecule has 2 amide bonds. The number of halogens is 2. The van der Waals surface area contributed by atoms with Crippen molar-refractivity contribution in [1.82, 2.24) is 10.2 Å². The van der Waals surface area contributed by atoms with E-state index in [0.717, 1.165) is 15.4 Å². The molecule has 0 spiro atoms. The van der Waals surface area contributed by atoms with E-state index in [1.807, 2.05) is 46.8 Å². The first-order valence-corrected chi connectivity index (χ1v) is 15.6. The zero-order chi connectivity index (χ0) is 30.5. The smallest absolute Gasteiger partial charge is 0.264 e. The van der Waals surface area contributed by atoms with Crippen LogP contribution in [0.4, 0.5) is 5.69 Å². The van der Waals surface area contributed by atoms with Crippen LogP contribution in [0.25, 0.3) is 0 Å². The lowest BCUT2D eigenvalue weighted by Crippen LogP contribution is -2.54. The summed E-state index contributed by atoms with van der Waals surface area (Å²) >= 11 is 12.5. The lowest BCUT2D eigenvalue weighted by atomic mass is 10.1. The maximum absolute atomic E-state index is 14.1. The van der Waals surface area contributed by atoms with Gasteiger partial charge in [-0.1, -0.05) is 72.1 Å². The predicted octanol–water partition coefficient (Wildman–Crippen LogP) is 6.39. The van der Waals surface area contributed by atoms with Crippen LogP contribution in [-0.4, -0.2) is 43.3 Å². The number of aryl methyl sites for hydroxylation is 2. The Labute approximate surface area is 253 Å². The third kappa shape index (κ3) is 8.24. The molecule has 0 heterocycles. The third-order valence-electron chi connectivity index (χ3n) is 6.55. The first-order chi connectivity index (χ1) is 19.1. The fourth-order valence-corrected chi connectivity index (χ4v) is 6.21. The van der Waals surface area contributed by atoms with Gasteiger partial charge >= 0.3 is 0 Å². The molecule has 0 unspecified atom stereocenters. The molecule has 10 heteroatoms. The zero-order valence-corrected chi connectivity index (χ0v) is 26.6. The highest BCUT2D eigenvalue weighted by Crippen LogP contribution is 2.29. The number of amides is 2. The SMILES string of the molecule is CCc1ccccc1N(CC(=O)N(Cc1ccc(Cl)cc1Cl)[C@@H](C)C(=O)NC(C)(C)C)S(=O)(=O)c1ccc(C)cc1. The number of benzene rings is 3. The molecule has 1 N–H and O–H groups in total. The van der Waals surface area contributed by atoms with E-state index in [9.17, 15) is 18.0 Å². The second kappa shape index (κ2) is 13.3. The molecular formula is C31H37Cl2N3O4S. The molecule has 3 aromatic carbocycles. The molecule has 0 aromatic heterocycles. The molecule has 0 fully saturated rings. The summed E-state index contributed by atoms with van der Waals surface area (Å²) in [6.07, 6.45) is 0.554. The Hall–Kier alpha value is -3.07. The van der Waals surface area contributed by atoms with Crippen molar-refractivity contribution in [3.63, 3.8) is 0 Å². The van der Waals surface area contributed by atoms with Crippen LogP contribution >= 0.6 is 23.2 Å². The molecular weight excluding hydrogens is 581 g/mol. The van der Waals surface area contributed by atoms with Gasteiger partial charge in [0.05, 0.1) is 10.6 Å². The van der Waals surface area contributed by atoms with Gasteiger partial charge in [0.1, 0.15) is 12.6 Å². The first kappa shape index (κ1) is 32.4. The summed E-state index contributed by atoms with van der Waals surface area (Å²) < 4.78 is 29.2. The summed E-state index contributed by atoms with van der Waals surface area (Å²) in [5.74, 6) is -0.938. The molecule has 3 rings (SSSR count). The van der Waals surface area contributed by atoms with E-state index in [2.05, 4.69) is 5.32 Å². The lowest BCUT2D eigenvalue weighted by molar-refractivity contribution is -0.140. The fraction of sp³-hybridized carbons (Fsp3) is 0.355. The standard InChI is InChI=1S/C31H37Cl2N3O4S/c1-7-23-10-8-9-11-28(23)36(41(39,40)26-16-12-21(2)13-17-26)20-29(37)35(22(3)30(38)34-31(4,5)6)19-24-14-15-25(32)18-27(24)33/h8-18,22H,7,19-20H2,1-6H3,(H,34,38)/t22-/m0/s1. The summed E-state index contributed by atoms with van der Waals surface area (Å²) in [6.45, 7) is 10.4. The third-order valence-corrected chi connectivity index (χ3v) is 8.91. The number of carbonyl (C=O) groups is 2. The van der Waals surface area contributed by atoms with Crippen LogP contribution in [0.5, 0.6) is 0 Å².